The van der Waals surface area contributed by atoms with E-state index in [1.54, 1.807) is 76.1 Å². The number of halogens is 13. The van der Waals surface area contributed by atoms with Gasteiger partial charge in [-0.2, -0.15) is 52.7 Å². The first-order valence-electron chi connectivity index (χ1n) is 49.7. The van der Waals surface area contributed by atoms with Gasteiger partial charge in [0.15, 0.2) is 0 Å². The third kappa shape index (κ3) is 31.6. The summed E-state index contributed by atoms with van der Waals surface area (Å²) in [6.45, 7) is 56.4. The van der Waals surface area contributed by atoms with Gasteiger partial charge in [0.2, 0.25) is 0 Å². The molecule has 1 saturated carbocycles. The average Bonchev–Trinajstić information content (AvgIpc) is 1.66. The molecule has 3 unspecified atom stereocenters. The van der Waals surface area contributed by atoms with Crippen molar-refractivity contribution in [1.82, 2.24) is 54.5 Å². The predicted octanol–water partition coefficient (Wildman–Crippen LogP) is 28.7. The van der Waals surface area contributed by atoms with Gasteiger partial charge in [-0.15, -0.1) is 0 Å². The zero-order valence-corrected chi connectivity index (χ0v) is 90.8. The lowest BCUT2D eigenvalue weighted by molar-refractivity contribution is -0.144. The van der Waals surface area contributed by atoms with Crippen molar-refractivity contribution in [1.29, 1.82) is 0 Å². The largest absolute Gasteiger partial charge is 0.444 e. The van der Waals surface area contributed by atoms with Crippen LogP contribution in [-0.4, -0.2) is 199 Å². The Bertz CT molecular complexity index is 5370. The van der Waals surface area contributed by atoms with Crippen LogP contribution in [0.25, 0.3) is 0 Å². The van der Waals surface area contributed by atoms with Gasteiger partial charge >= 0.3 is 73.4 Å². The minimum absolute atomic E-state index is 0.00862. The van der Waals surface area contributed by atoms with Gasteiger partial charge in [-0.3, -0.25) is 44.3 Å². The van der Waals surface area contributed by atoms with Crippen molar-refractivity contribution >= 4 is 60.3 Å². The summed E-state index contributed by atoms with van der Waals surface area (Å²) < 4.78 is 193. The Hall–Kier alpha value is -12.0. The molecule has 0 spiro atoms. The lowest BCUT2D eigenvalue weighted by Gasteiger charge is -2.33. The van der Waals surface area contributed by atoms with Crippen LogP contribution in [0.5, 0.6) is 0 Å². The Labute approximate surface area is 871 Å². The SMILES string of the molecule is CC(C)(C)N1CC(C2CCCCC2)OC1=O.CC(C)(C)N1CC(c2ccncc2)NC1=O.CC(C)(C)N1CC(c2ccncc2)OC1=O.CC(C)(C)N1C[C@@H](c2cccc(Cl)c2)OC1=O.C[C@@H]1[C@@H](c2cc(C(F)(F)F)cc(C(F)(F)F)c2)OC(=O)N1C(C)(C)C.C[C@@H]1[C@H](c2ccccc2)OC(=O)N1C(C)(C)C.C[C@H]1[C@@H](c2ccccc2)OC(=O)N1C(C)(C)C.C[C@H]1[C@H](c2cc(C(F)(F)F)cc(C(F)(F)F)c2)OC(=O)N1C(C)(C)C. The summed E-state index contributed by atoms with van der Waals surface area (Å²) in [5, 5.41) is 3.65. The summed E-state index contributed by atoms with van der Waals surface area (Å²) >= 11 is 5.93. The van der Waals surface area contributed by atoms with Crippen molar-refractivity contribution in [2.24, 2.45) is 5.92 Å². The van der Waals surface area contributed by atoms with E-state index in [2.05, 4.69) is 36.1 Å². The van der Waals surface area contributed by atoms with Crippen molar-refractivity contribution < 1.29 is 124 Å². The highest BCUT2D eigenvalue weighted by Crippen LogP contribution is 2.48. The number of hydrogen-bond acceptors (Lipinski definition) is 17. The highest BCUT2D eigenvalue weighted by molar-refractivity contribution is 6.30. The van der Waals surface area contributed by atoms with Crippen LogP contribution in [-0.2, 0) is 57.9 Å². The number of urea groups is 1. The Morgan fingerprint density at radius 3 is 0.852 bits per heavy atom. The fourth-order valence-electron chi connectivity index (χ4n) is 19.1. The zero-order chi connectivity index (χ0) is 112. The summed E-state index contributed by atoms with van der Waals surface area (Å²) in [5.74, 6) is 0.602. The number of pyridine rings is 2. The Morgan fingerprint density at radius 2 is 0.577 bits per heavy atom. The summed E-state index contributed by atoms with van der Waals surface area (Å²) in [6.07, 6.45) is -12.1. The number of nitrogens with zero attached hydrogens (tertiary/aromatic N) is 10. The van der Waals surface area contributed by atoms with Gasteiger partial charge < -0.3 is 43.4 Å². The van der Waals surface area contributed by atoms with E-state index >= 15 is 0 Å². The Balaban J connectivity index is 0.000000190. The normalized spacial score (nSPS) is 23.1. The van der Waals surface area contributed by atoms with Gasteiger partial charge in [-0.1, -0.05) is 104 Å². The second-order valence-electron chi connectivity index (χ2n) is 46.2. The first kappa shape index (κ1) is 121. The molecule has 820 valence electrons. The van der Waals surface area contributed by atoms with Gasteiger partial charge in [0.1, 0.15) is 42.7 Å². The number of rotatable bonds is 8. The lowest BCUT2D eigenvalue weighted by atomic mass is 9.85. The zero-order valence-electron chi connectivity index (χ0n) is 90.0. The number of hydrogen-bond donors (Lipinski definition) is 1. The second-order valence-corrected chi connectivity index (χ2v) is 46.6. The van der Waals surface area contributed by atoms with Crippen LogP contribution in [0.4, 0.5) is 91.0 Å². The maximum atomic E-state index is 13.0. The van der Waals surface area contributed by atoms with Gasteiger partial charge in [0.25, 0.3) is 0 Å². The number of ether oxygens (including phenoxy) is 7. The number of benzene rings is 5. The van der Waals surface area contributed by atoms with Crippen LogP contribution >= 0.6 is 11.6 Å². The molecule has 1 aliphatic carbocycles. The molecular weight excluding hydrogens is 1980 g/mol. The third-order valence-electron chi connectivity index (χ3n) is 26.3. The molecule has 26 nitrogen and oxygen atoms in total. The smallest absolute Gasteiger partial charge is 0.416 e. The molecule has 2 aromatic heterocycles. The molecule has 1 N–H and O–H groups in total. The number of nitrogens with one attached hydrogen (secondary N) is 1. The minimum Gasteiger partial charge on any atom is -0.444 e. The van der Waals surface area contributed by atoms with E-state index < -0.39 is 94.5 Å². The standard InChI is InChI=1S/2C16H17F6NO2.2C14H19NO2.C13H16ClNO2.C13H23NO2.C12H17N3O.C12H16N2O2/c2*1-8-12(25-13(24)23(8)14(2,3)4)9-5-10(15(17,18)19)7-11(6-9)16(20,21)22;2*1-10-12(11-8-6-5-7-9-11)17-13(16)15(10)14(2,3)4;1-13(2,3)15-8-11(17-12(15)16)9-5-4-6-10(14)7-9;1-13(2,3)14-9-11(16-12(14)15)10-7-5-4-6-8-10;1-12(2,3)15-8-10(14-11(15)16)9-4-6-13-7-5-9;1-12(2,3)14-8-10(16-11(14)15)9-4-6-13-7-5-9/h2*5-8,12H,1-4H3;2*5-10,12H,1-4H3;4-7,11H,8H2,1-3H3;10-11H,4-9H2,1-3H3;4-7,10H,8H2,1-3H3,(H,14,16);4-7,10H,8H2,1-3H3/t2*8-,12+;2*10-,12-;11-;;;/m10100.../s1. The van der Waals surface area contributed by atoms with Crippen molar-refractivity contribution in [3.05, 3.63) is 237 Å². The topological polar surface area (TPSA) is 265 Å². The molecule has 8 aliphatic heterocycles. The van der Waals surface area contributed by atoms with Crippen LogP contribution in [0.15, 0.2) is 170 Å². The van der Waals surface area contributed by atoms with E-state index in [-0.39, 0.29) is 142 Å². The number of alkyl halides is 12. The monoisotopic (exact) mass is 2120 g/mol. The van der Waals surface area contributed by atoms with Crippen molar-refractivity contribution in [2.45, 2.75) is 368 Å². The number of carbonyl (C=O) groups excluding carboxylic acids is 8. The molecule has 8 saturated heterocycles. The van der Waals surface area contributed by atoms with Crippen LogP contribution in [0, 0.1) is 5.92 Å². The van der Waals surface area contributed by atoms with Crippen LogP contribution in [0.3, 0.4) is 0 Å². The highest BCUT2D eigenvalue weighted by atomic mass is 35.5. The molecule has 5 aromatic carbocycles. The predicted molar refractivity (Wildman–Crippen MR) is 539 cm³/mol. The first-order chi connectivity index (χ1) is 68.4. The van der Waals surface area contributed by atoms with Crippen LogP contribution < -0.4 is 5.32 Å². The van der Waals surface area contributed by atoms with E-state index in [0.717, 1.165) is 34.4 Å². The molecule has 12 atom stereocenters. The van der Waals surface area contributed by atoms with Gasteiger partial charge in [-0.25, -0.2) is 38.4 Å². The van der Waals surface area contributed by atoms with E-state index in [1.165, 1.54) is 55.8 Å². The van der Waals surface area contributed by atoms with Crippen LogP contribution in [0.2, 0.25) is 5.02 Å². The molecule has 9 fully saturated rings. The molecule has 39 heteroatoms. The molecule has 149 heavy (non-hydrogen) atoms. The van der Waals surface area contributed by atoms with E-state index in [9.17, 15) is 91.0 Å². The molecule has 9 aliphatic rings. The number of carbonyl (C=O) groups is 8. The van der Waals surface area contributed by atoms with Gasteiger partial charge in [0.05, 0.1) is 72.1 Å². The maximum absolute atomic E-state index is 13.0. The van der Waals surface area contributed by atoms with Gasteiger partial charge in [-0.05, 0) is 324 Å². The molecule has 16 rings (SSSR count). The quantitative estimate of drug-likeness (QED) is 0.109. The van der Waals surface area contributed by atoms with E-state index in [0.29, 0.717) is 54.8 Å². The Kier molecular flexibility index (Phi) is 37.9. The maximum Gasteiger partial charge on any atom is 0.416 e. The van der Waals surface area contributed by atoms with E-state index in [4.69, 9.17) is 44.8 Å². The summed E-state index contributed by atoms with van der Waals surface area (Å²) in [4.78, 5) is 116. The third-order valence-corrected chi connectivity index (χ3v) is 26.5. The number of aromatic nitrogens is 2. The first-order valence-corrected chi connectivity index (χ1v) is 50.0. The average molecular weight is 2120 g/mol. The van der Waals surface area contributed by atoms with Crippen molar-refractivity contribution in [3.8, 4) is 0 Å². The minimum atomic E-state index is -4.95. The molecule has 0 radical (unpaired) electrons. The summed E-state index contributed by atoms with van der Waals surface area (Å²) in [5.41, 5.74) is -3.73. The molecule has 10 heterocycles. The molecule has 0 bridgehead atoms. The van der Waals surface area contributed by atoms with Crippen LogP contribution in [0.1, 0.15) is 330 Å². The van der Waals surface area contributed by atoms with Gasteiger partial charge in [0, 0.05) is 80.7 Å². The summed E-state index contributed by atoms with van der Waals surface area (Å²) in [6, 6.07) is 36.1. The van der Waals surface area contributed by atoms with Crippen molar-refractivity contribution in [3.63, 3.8) is 0 Å². The Morgan fingerprint density at radius 1 is 0.289 bits per heavy atom. The van der Waals surface area contributed by atoms with E-state index in [1.807, 2.05) is 246 Å². The summed E-state index contributed by atoms with van der Waals surface area (Å²) in [7, 11) is 0. The number of amides is 9. The number of cyclic esters (lactones) is 7. The molecule has 9 amide bonds. The fraction of sp³-hybridized carbons (Fsp3) is 0.564. The van der Waals surface area contributed by atoms with Crippen molar-refractivity contribution in [2.75, 3.05) is 26.2 Å². The molecular formula is C110H144ClF12N11O15. The lowest BCUT2D eigenvalue weighted by Crippen LogP contribution is -2.46. The highest BCUT2D eigenvalue weighted by Gasteiger charge is 2.53. The second kappa shape index (κ2) is 46.9. The molecule has 7 aromatic rings. The fourth-order valence-corrected chi connectivity index (χ4v) is 19.3.